The number of nitrogens with zero attached hydrogens (tertiary/aromatic N) is 2. The number of esters is 1. The van der Waals surface area contributed by atoms with Crippen LogP contribution in [0.3, 0.4) is 0 Å². The van der Waals surface area contributed by atoms with Gasteiger partial charge in [-0.3, -0.25) is 14.2 Å². The molecule has 0 amide bonds. The fraction of sp³-hybridized carbons (Fsp3) is 0.211. The Morgan fingerprint density at radius 3 is 2.50 bits per heavy atom. The Balaban J connectivity index is 2.23. The van der Waals surface area contributed by atoms with Crippen LogP contribution in [0.15, 0.2) is 52.2 Å². The fourth-order valence-electron chi connectivity index (χ4n) is 2.96. The lowest BCUT2D eigenvalue weighted by Crippen LogP contribution is -2.26. The van der Waals surface area contributed by atoms with Crippen LogP contribution in [0.1, 0.15) is 15.9 Å². The number of methoxy groups -OCH3 is 1. The van der Waals surface area contributed by atoms with Gasteiger partial charge in [-0.25, -0.2) is 4.79 Å². The van der Waals surface area contributed by atoms with Crippen molar-refractivity contribution in [2.75, 3.05) is 12.4 Å². The van der Waals surface area contributed by atoms with E-state index >= 15 is 0 Å². The van der Waals surface area contributed by atoms with E-state index in [0.29, 0.717) is 17.9 Å². The first-order chi connectivity index (χ1) is 12.4. The average Bonchev–Trinajstić information content (AvgIpc) is 2.65. The number of hydrogen-bond acceptors (Lipinski definition) is 5. The molecule has 2 aromatic heterocycles. The number of carbonyl (C=O) groups is 1. The molecule has 3 aromatic rings. The van der Waals surface area contributed by atoms with Gasteiger partial charge < -0.3 is 14.6 Å². The molecule has 1 N–H and O–H groups in total. The van der Waals surface area contributed by atoms with Gasteiger partial charge in [0.2, 0.25) is 5.43 Å². The molecule has 0 atom stereocenters. The van der Waals surface area contributed by atoms with E-state index in [1.807, 2.05) is 30.3 Å². The van der Waals surface area contributed by atoms with Crippen molar-refractivity contribution in [1.82, 2.24) is 9.13 Å². The van der Waals surface area contributed by atoms with E-state index in [4.69, 9.17) is 4.74 Å². The van der Waals surface area contributed by atoms with E-state index in [1.54, 1.807) is 18.7 Å². The molecule has 0 saturated heterocycles. The van der Waals surface area contributed by atoms with E-state index in [9.17, 15) is 14.4 Å². The quantitative estimate of drug-likeness (QED) is 0.721. The van der Waals surface area contributed by atoms with Crippen molar-refractivity contribution in [3.05, 3.63) is 74.3 Å². The summed E-state index contributed by atoms with van der Waals surface area (Å²) in [6, 6.07) is 11.0. The Morgan fingerprint density at radius 2 is 1.85 bits per heavy atom. The van der Waals surface area contributed by atoms with Gasteiger partial charge in [0.25, 0.3) is 5.56 Å². The molecule has 0 saturated carbocycles. The van der Waals surface area contributed by atoms with Crippen molar-refractivity contribution < 1.29 is 9.53 Å². The van der Waals surface area contributed by atoms with Crippen LogP contribution in [0.2, 0.25) is 0 Å². The Kier molecular flexibility index (Phi) is 4.62. The first-order valence-electron chi connectivity index (χ1n) is 8.03. The normalized spacial score (nSPS) is 10.7. The van der Waals surface area contributed by atoms with Crippen LogP contribution in [0.4, 0.5) is 5.69 Å². The van der Waals surface area contributed by atoms with Gasteiger partial charge in [0, 0.05) is 32.9 Å². The van der Waals surface area contributed by atoms with Gasteiger partial charge in [-0.15, -0.1) is 0 Å². The Bertz CT molecular complexity index is 1100. The van der Waals surface area contributed by atoms with E-state index in [0.717, 1.165) is 5.56 Å². The number of anilines is 1. The maximum absolute atomic E-state index is 12.9. The maximum atomic E-state index is 12.9. The summed E-state index contributed by atoms with van der Waals surface area (Å²) >= 11 is 0. The summed E-state index contributed by atoms with van der Waals surface area (Å²) in [5.41, 5.74) is 1.00. The van der Waals surface area contributed by atoms with Crippen LogP contribution in [0.25, 0.3) is 11.0 Å². The molecule has 7 nitrogen and oxygen atoms in total. The predicted molar refractivity (Wildman–Crippen MR) is 99.5 cm³/mol. The van der Waals surface area contributed by atoms with Crippen LogP contribution >= 0.6 is 0 Å². The second-order valence-corrected chi connectivity index (χ2v) is 5.97. The molecule has 0 fully saturated rings. The minimum atomic E-state index is -0.713. The van der Waals surface area contributed by atoms with Gasteiger partial charge in [0.05, 0.1) is 18.2 Å². The molecule has 0 aliphatic carbocycles. The van der Waals surface area contributed by atoms with Gasteiger partial charge in [-0.2, -0.15) is 0 Å². The SMILES string of the molecule is COC(=O)c1cn(C)c2c(c(NCc3ccccc3)cc(=O)n2C)c1=O. The molecule has 134 valence electrons. The van der Waals surface area contributed by atoms with Crippen LogP contribution in [0, 0.1) is 0 Å². The van der Waals surface area contributed by atoms with Crippen molar-refractivity contribution in [3.63, 3.8) is 0 Å². The monoisotopic (exact) mass is 353 g/mol. The van der Waals surface area contributed by atoms with Gasteiger partial charge in [0.15, 0.2) is 0 Å². The van der Waals surface area contributed by atoms with E-state index in [1.165, 1.54) is 23.9 Å². The van der Waals surface area contributed by atoms with Crippen LogP contribution in [-0.2, 0) is 25.4 Å². The maximum Gasteiger partial charge on any atom is 0.343 e. The van der Waals surface area contributed by atoms with Crippen molar-refractivity contribution in [2.45, 2.75) is 6.54 Å². The van der Waals surface area contributed by atoms with Crippen molar-refractivity contribution in [1.29, 1.82) is 0 Å². The lowest BCUT2D eigenvalue weighted by atomic mass is 10.1. The number of ether oxygens (including phenoxy) is 1. The minimum absolute atomic E-state index is 0.0797. The first-order valence-corrected chi connectivity index (χ1v) is 8.03. The second kappa shape index (κ2) is 6.87. The standard InChI is InChI=1S/C19H19N3O4/c1-21-11-13(19(25)26-3)17(24)16-14(9-15(23)22(2)18(16)21)20-10-12-7-5-4-6-8-12/h4-9,11,20H,10H2,1-3H3. The van der Waals surface area contributed by atoms with Crippen molar-refractivity contribution in [3.8, 4) is 0 Å². The van der Waals surface area contributed by atoms with Gasteiger partial charge in [-0.05, 0) is 5.56 Å². The molecule has 0 unspecified atom stereocenters. The summed E-state index contributed by atoms with van der Waals surface area (Å²) in [6.45, 7) is 0.439. The Hall–Kier alpha value is -3.35. The zero-order chi connectivity index (χ0) is 18.8. The molecule has 0 aliphatic rings. The highest BCUT2D eigenvalue weighted by Crippen LogP contribution is 2.19. The molecular weight excluding hydrogens is 334 g/mol. The summed E-state index contributed by atoms with van der Waals surface area (Å²) in [5, 5.41) is 3.42. The summed E-state index contributed by atoms with van der Waals surface area (Å²) in [7, 11) is 4.48. The Morgan fingerprint density at radius 1 is 1.15 bits per heavy atom. The highest BCUT2D eigenvalue weighted by atomic mass is 16.5. The molecule has 0 aliphatic heterocycles. The van der Waals surface area contributed by atoms with Gasteiger partial charge in [0.1, 0.15) is 11.2 Å². The van der Waals surface area contributed by atoms with Crippen LogP contribution in [-0.4, -0.2) is 22.2 Å². The van der Waals surface area contributed by atoms with Gasteiger partial charge >= 0.3 is 5.97 Å². The topological polar surface area (TPSA) is 82.3 Å². The average molecular weight is 353 g/mol. The van der Waals surface area contributed by atoms with E-state index in [2.05, 4.69) is 5.32 Å². The molecule has 0 bridgehead atoms. The number of hydrogen-bond donors (Lipinski definition) is 1. The number of carbonyl (C=O) groups excluding carboxylic acids is 1. The molecule has 0 spiro atoms. The third-order valence-electron chi connectivity index (χ3n) is 4.27. The molecular formula is C19H19N3O4. The lowest BCUT2D eigenvalue weighted by Gasteiger charge is -2.15. The minimum Gasteiger partial charge on any atom is -0.465 e. The molecule has 0 radical (unpaired) electrons. The molecule has 26 heavy (non-hydrogen) atoms. The Labute approximate surface area is 149 Å². The number of pyridine rings is 2. The summed E-state index contributed by atoms with van der Waals surface area (Å²) in [4.78, 5) is 37.2. The lowest BCUT2D eigenvalue weighted by molar-refractivity contribution is 0.0598. The molecule has 7 heteroatoms. The smallest absolute Gasteiger partial charge is 0.343 e. The van der Waals surface area contributed by atoms with Crippen LogP contribution in [0.5, 0.6) is 0 Å². The second-order valence-electron chi connectivity index (χ2n) is 5.97. The number of aryl methyl sites for hydroxylation is 2. The fourth-order valence-corrected chi connectivity index (χ4v) is 2.96. The zero-order valence-electron chi connectivity index (χ0n) is 14.8. The van der Waals surface area contributed by atoms with Crippen molar-refractivity contribution in [2.24, 2.45) is 14.1 Å². The molecule has 1 aromatic carbocycles. The number of nitrogens with one attached hydrogen (secondary N) is 1. The molecule has 2 heterocycles. The largest absolute Gasteiger partial charge is 0.465 e. The third kappa shape index (κ3) is 2.99. The van der Waals surface area contributed by atoms with E-state index < -0.39 is 11.4 Å². The molecule has 3 rings (SSSR count). The van der Waals surface area contributed by atoms with Crippen LogP contribution < -0.4 is 16.3 Å². The number of benzene rings is 1. The van der Waals surface area contributed by atoms with E-state index in [-0.39, 0.29) is 16.5 Å². The zero-order valence-corrected chi connectivity index (χ0v) is 14.8. The van der Waals surface area contributed by atoms with Crippen molar-refractivity contribution >= 4 is 22.7 Å². The predicted octanol–water partition coefficient (Wildman–Crippen LogP) is 1.64. The summed E-state index contributed by atoms with van der Waals surface area (Å²) in [6.07, 6.45) is 1.39. The third-order valence-corrected chi connectivity index (χ3v) is 4.27. The summed E-state index contributed by atoms with van der Waals surface area (Å²) in [5.74, 6) is -0.713. The first kappa shape index (κ1) is 17.5. The highest BCUT2D eigenvalue weighted by molar-refractivity contribution is 5.97. The summed E-state index contributed by atoms with van der Waals surface area (Å²) < 4.78 is 7.66. The number of fused-ring (bicyclic) bond motifs is 1. The number of aromatic nitrogens is 2. The van der Waals surface area contributed by atoms with Gasteiger partial charge in [-0.1, -0.05) is 30.3 Å². The number of rotatable bonds is 4. The highest BCUT2D eigenvalue weighted by Gasteiger charge is 2.19.